The van der Waals surface area contributed by atoms with Crippen molar-refractivity contribution in [2.45, 2.75) is 42.7 Å². The monoisotopic (exact) mass is 525 g/mol. The number of anilines is 2. The van der Waals surface area contributed by atoms with E-state index in [1.165, 1.54) is 24.3 Å². The standard InChI is InChI=1S/C26H25ClFN5O2S/c27-21-6-1-2-7-25(21)36(34,35)33-24-11-9-17(13-22(24)28)16-8-10-23-18(12-16)15-30-26(32-23)31-20-5-3-4-19(29)14-20/h1-2,6-13,15,19-20,33H,3-5,14,29H2,(H,30,31,32)/t19-,20+/m0/s1. The summed E-state index contributed by atoms with van der Waals surface area (Å²) in [5.74, 6) is -0.139. The highest BCUT2D eigenvalue weighted by Gasteiger charge is 2.21. The number of hydrogen-bond acceptors (Lipinski definition) is 6. The maximum absolute atomic E-state index is 14.9. The fourth-order valence-corrected chi connectivity index (χ4v) is 6.05. The molecule has 3 aromatic carbocycles. The third kappa shape index (κ3) is 5.28. The largest absolute Gasteiger partial charge is 0.351 e. The van der Waals surface area contributed by atoms with E-state index in [0.717, 1.165) is 42.1 Å². The van der Waals surface area contributed by atoms with Crippen LogP contribution in [0.2, 0.25) is 5.02 Å². The number of nitrogens with zero attached hydrogens (tertiary/aromatic N) is 2. The second kappa shape index (κ2) is 10.0. The first-order valence-electron chi connectivity index (χ1n) is 11.6. The first-order valence-corrected chi connectivity index (χ1v) is 13.5. The predicted molar refractivity (Wildman–Crippen MR) is 141 cm³/mol. The molecule has 0 radical (unpaired) electrons. The minimum absolute atomic E-state index is 0.0566. The van der Waals surface area contributed by atoms with Crippen molar-refractivity contribution in [1.82, 2.24) is 9.97 Å². The van der Waals surface area contributed by atoms with Gasteiger partial charge in [-0.3, -0.25) is 4.72 Å². The Kier molecular flexibility index (Phi) is 6.79. The number of nitrogens with one attached hydrogen (secondary N) is 2. The molecule has 10 heteroatoms. The fourth-order valence-electron chi connectivity index (χ4n) is 4.46. The van der Waals surface area contributed by atoms with E-state index in [4.69, 9.17) is 17.3 Å². The molecule has 1 aromatic heterocycles. The average Bonchev–Trinajstić information content (AvgIpc) is 2.85. The summed E-state index contributed by atoms with van der Waals surface area (Å²) >= 11 is 6.00. The average molecular weight is 526 g/mol. The van der Waals surface area contributed by atoms with E-state index >= 15 is 0 Å². The van der Waals surface area contributed by atoms with E-state index in [2.05, 4.69) is 20.0 Å². The van der Waals surface area contributed by atoms with Crippen molar-refractivity contribution >= 4 is 44.2 Å². The first kappa shape index (κ1) is 24.4. The van der Waals surface area contributed by atoms with Crippen LogP contribution in [0.4, 0.5) is 16.0 Å². The fraction of sp³-hybridized carbons (Fsp3) is 0.231. The molecule has 1 heterocycles. The van der Waals surface area contributed by atoms with E-state index < -0.39 is 15.8 Å². The lowest BCUT2D eigenvalue weighted by atomic mass is 9.92. The van der Waals surface area contributed by atoms with Crippen molar-refractivity contribution in [3.8, 4) is 11.1 Å². The summed E-state index contributed by atoms with van der Waals surface area (Å²) in [4.78, 5) is 8.94. The molecular weight excluding hydrogens is 501 g/mol. The molecule has 4 aromatic rings. The molecule has 1 fully saturated rings. The summed E-state index contributed by atoms with van der Waals surface area (Å²) in [6.45, 7) is 0. The van der Waals surface area contributed by atoms with Gasteiger partial charge in [-0.2, -0.15) is 0 Å². The van der Waals surface area contributed by atoms with Gasteiger partial charge in [0.05, 0.1) is 16.2 Å². The molecule has 5 rings (SSSR count). The molecule has 36 heavy (non-hydrogen) atoms. The number of aromatic nitrogens is 2. The zero-order valence-corrected chi connectivity index (χ0v) is 20.9. The highest BCUT2D eigenvalue weighted by atomic mass is 35.5. The van der Waals surface area contributed by atoms with E-state index in [0.29, 0.717) is 11.5 Å². The van der Waals surface area contributed by atoms with Crippen LogP contribution in [-0.2, 0) is 10.0 Å². The lowest BCUT2D eigenvalue weighted by molar-refractivity contribution is 0.408. The van der Waals surface area contributed by atoms with Crippen molar-refractivity contribution in [2.24, 2.45) is 5.73 Å². The molecule has 0 spiro atoms. The molecule has 1 aliphatic carbocycles. The normalized spacial score (nSPS) is 18.2. The van der Waals surface area contributed by atoms with Crippen LogP contribution in [0, 0.1) is 5.82 Å². The molecule has 0 amide bonds. The zero-order chi connectivity index (χ0) is 25.3. The van der Waals surface area contributed by atoms with Gasteiger partial charge in [-0.1, -0.05) is 35.9 Å². The van der Waals surface area contributed by atoms with Gasteiger partial charge in [0.1, 0.15) is 10.7 Å². The molecule has 0 bridgehead atoms. The summed E-state index contributed by atoms with van der Waals surface area (Å²) in [7, 11) is -4.04. The molecule has 1 saturated carbocycles. The number of halogens is 2. The van der Waals surface area contributed by atoms with Crippen molar-refractivity contribution in [2.75, 3.05) is 10.0 Å². The Hall–Kier alpha value is -3.27. The number of sulfonamides is 1. The first-order chi connectivity index (χ1) is 17.3. The molecule has 4 N–H and O–H groups in total. The number of nitrogens with two attached hydrogens (primary N) is 1. The Balaban J connectivity index is 1.35. The third-order valence-electron chi connectivity index (χ3n) is 6.30. The quantitative estimate of drug-likeness (QED) is 0.303. The Morgan fingerprint density at radius 1 is 1.03 bits per heavy atom. The minimum Gasteiger partial charge on any atom is -0.351 e. The summed E-state index contributed by atoms with van der Waals surface area (Å²) in [6.07, 6.45) is 5.82. The molecular formula is C26H25ClFN5O2S. The Morgan fingerprint density at radius 3 is 2.58 bits per heavy atom. The lowest BCUT2D eigenvalue weighted by Gasteiger charge is -2.27. The van der Waals surface area contributed by atoms with E-state index in [9.17, 15) is 12.8 Å². The smallest absolute Gasteiger partial charge is 0.263 e. The molecule has 186 valence electrons. The number of hydrogen-bond donors (Lipinski definition) is 3. The molecule has 1 aliphatic rings. The number of rotatable bonds is 6. The Labute approximate surface area is 214 Å². The van der Waals surface area contributed by atoms with Crippen LogP contribution in [-0.4, -0.2) is 30.5 Å². The zero-order valence-electron chi connectivity index (χ0n) is 19.3. The van der Waals surface area contributed by atoms with Gasteiger partial charge in [0.15, 0.2) is 0 Å². The minimum atomic E-state index is -4.04. The van der Waals surface area contributed by atoms with Crippen LogP contribution >= 0.6 is 11.6 Å². The maximum atomic E-state index is 14.9. The summed E-state index contributed by atoms with van der Waals surface area (Å²) < 4.78 is 42.5. The van der Waals surface area contributed by atoms with Gasteiger partial charge in [0.2, 0.25) is 5.95 Å². The van der Waals surface area contributed by atoms with Gasteiger partial charge in [-0.25, -0.2) is 22.8 Å². The number of benzene rings is 3. The summed E-state index contributed by atoms with van der Waals surface area (Å²) in [5.41, 5.74) is 8.02. The summed E-state index contributed by atoms with van der Waals surface area (Å²) in [6, 6.07) is 16.4. The van der Waals surface area contributed by atoms with Crippen molar-refractivity contribution < 1.29 is 12.8 Å². The van der Waals surface area contributed by atoms with Crippen LogP contribution in [0.15, 0.2) is 71.8 Å². The highest BCUT2D eigenvalue weighted by molar-refractivity contribution is 7.92. The third-order valence-corrected chi connectivity index (χ3v) is 8.17. The van der Waals surface area contributed by atoms with E-state index in [-0.39, 0.29) is 27.7 Å². The summed E-state index contributed by atoms with van der Waals surface area (Å²) in [5, 5.41) is 4.25. The van der Waals surface area contributed by atoms with Crippen LogP contribution in [0.25, 0.3) is 22.0 Å². The van der Waals surface area contributed by atoms with Gasteiger partial charge >= 0.3 is 0 Å². The van der Waals surface area contributed by atoms with Crippen LogP contribution < -0.4 is 15.8 Å². The van der Waals surface area contributed by atoms with E-state index in [1.807, 2.05) is 18.2 Å². The molecule has 0 unspecified atom stereocenters. The number of fused-ring (bicyclic) bond motifs is 1. The second-order valence-electron chi connectivity index (χ2n) is 8.97. The molecule has 7 nitrogen and oxygen atoms in total. The van der Waals surface area contributed by atoms with Crippen LogP contribution in [0.3, 0.4) is 0 Å². The maximum Gasteiger partial charge on any atom is 0.263 e. The molecule has 0 aliphatic heterocycles. The highest BCUT2D eigenvalue weighted by Crippen LogP contribution is 2.30. The van der Waals surface area contributed by atoms with Gasteiger partial charge in [-0.15, -0.1) is 0 Å². The lowest BCUT2D eigenvalue weighted by Crippen LogP contribution is -2.35. The van der Waals surface area contributed by atoms with Crippen molar-refractivity contribution in [3.05, 3.63) is 77.7 Å². The Bertz CT molecular complexity index is 1530. The Morgan fingerprint density at radius 2 is 1.81 bits per heavy atom. The van der Waals surface area contributed by atoms with Crippen LogP contribution in [0.5, 0.6) is 0 Å². The van der Waals surface area contributed by atoms with Gasteiger partial charge < -0.3 is 11.1 Å². The van der Waals surface area contributed by atoms with Gasteiger partial charge in [-0.05, 0) is 73.2 Å². The molecule has 2 atom stereocenters. The van der Waals surface area contributed by atoms with E-state index in [1.54, 1.807) is 24.4 Å². The predicted octanol–water partition coefficient (Wildman–Crippen LogP) is 5.57. The van der Waals surface area contributed by atoms with Crippen molar-refractivity contribution in [1.29, 1.82) is 0 Å². The van der Waals surface area contributed by atoms with Crippen LogP contribution in [0.1, 0.15) is 25.7 Å². The topological polar surface area (TPSA) is 110 Å². The van der Waals surface area contributed by atoms with Gasteiger partial charge in [0.25, 0.3) is 10.0 Å². The second-order valence-corrected chi connectivity index (χ2v) is 11.0. The van der Waals surface area contributed by atoms with Gasteiger partial charge in [0, 0.05) is 23.7 Å². The van der Waals surface area contributed by atoms with Crippen molar-refractivity contribution in [3.63, 3.8) is 0 Å². The SMILES string of the molecule is N[C@H]1CCC[C@@H](Nc2ncc3cc(-c4ccc(NS(=O)(=O)c5ccccc5Cl)c(F)c4)ccc3n2)C1. The molecule has 0 saturated heterocycles.